The molecule has 3 aromatic carbocycles. The first-order valence-electron chi connectivity index (χ1n) is 14.5. The Labute approximate surface area is 259 Å². The summed E-state index contributed by atoms with van der Waals surface area (Å²) >= 11 is 1.31. The van der Waals surface area contributed by atoms with Gasteiger partial charge in [0.1, 0.15) is 18.2 Å². The maximum absolute atomic E-state index is 14.0. The van der Waals surface area contributed by atoms with E-state index in [0.717, 1.165) is 36.2 Å². The Bertz CT molecular complexity index is 1720. The van der Waals surface area contributed by atoms with Crippen LogP contribution in [0, 0.1) is 11.7 Å². The predicted octanol–water partition coefficient (Wildman–Crippen LogP) is 6.50. The molecule has 10 heteroatoms. The molecule has 44 heavy (non-hydrogen) atoms. The van der Waals surface area contributed by atoms with Crippen molar-refractivity contribution in [3.63, 3.8) is 0 Å². The number of benzene rings is 3. The summed E-state index contributed by atoms with van der Waals surface area (Å²) in [7, 11) is 0. The molecule has 2 aliphatic heterocycles. The highest BCUT2D eigenvalue weighted by Gasteiger charge is 2.33. The van der Waals surface area contributed by atoms with Crippen LogP contribution >= 0.6 is 11.8 Å². The van der Waals surface area contributed by atoms with Crippen LogP contribution in [0.15, 0.2) is 95.0 Å². The fourth-order valence-electron chi connectivity index (χ4n) is 5.19. The molecule has 1 saturated heterocycles. The van der Waals surface area contributed by atoms with Gasteiger partial charge >= 0.3 is 5.97 Å². The Morgan fingerprint density at radius 2 is 1.84 bits per heavy atom. The molecule has 4 aromatic rings. The van der Waals surface area contributed by atoms with E-state index in [4.69, 9.17) is 14.6 Å². The average Bonchev–Trinajstić information content (AvgIpc) is 3.65. The first kappa shape index (κ1) is 29.4. The lowest BCUT2D eigenvalue weighted by Crippen LogP contribution is -2.41. The van der Waals surface area contributed by atoms with Crippen molar-refractivity contribution in [3.8, 4) is 22.7 Å². The van der Waals surface area contributed by atoms with Gasteiger partial charge in [0, 0.05) is 36.0 Å². The van der Waals surface area contributed by atoms with Gasteiger partial charge in [0.05, 0.1) is 28.8 Å². The second kappa shape index (κ2) is 13.3. The number of carbonyl (C=O) groups excluding carboxylic acids is 2. The Balaban J connectivity index is 1.24. The zero-order chi connectivity index (χ0) is 30.5. The van der Waals surface area contributed by atoms with Crippen molar-refractivity contribution in [1.82, 2.24) is 14.7 Å². The van der Waals surface area contributed by atoms with Crippen molar-refractivity contribution in [2.75, 3.05) is 19.7 Å². The maximum atomic E-state index is 14.0. The van der Waals surface area contributed by atoms with Gasteiger partial charge in [-0.1, -0.05) is 36.4 Å². The minimum Gasteiger partial charge on any atom is -0.489 e. The number of piperidine rings is 1. The number of aliphatic imine (C=N–C) groups is 1. The van der Waals surface area contributed by atoms with Gasteiger partial charge in [0.25, 0.3) is 5.91 Å². The van der Waals surface area contributed by atoms with Gasteiger partial charge in [-0.05, 0) is 80.1 Å². The largest absolute Gasteiger partial charge is 0.489 e. The van der Waals surface area contributed by atoms with Gasteiger partial charge in [0.15, 0.2) is 5.17 Å². The van der Waals surface area contributed by atoms with Gasteiger partial charge in [-0.15, -0.1) is 0 Å². The van der Waals surface area contributed by atoms with Crippen molar-refractivity contribution < 1.29 is 23.5 Å². The topological polar surface area (TPSA) is 86.0 Å². The lowest BCUT2D eigenvalue weighted by atomic mass is 9.99. The summed E-state index contributed by atoms with van der Waals surface area (Å²) in [5.74, 6) is -0.465. The van der Waals surface area contributed by atoms with Crippen molar-refractivity contribution in [3.05, 3.63) is 107 Å². The normalized spacial score (nSPS) is 17.5. The molecule has 0 saturated carbocycles. The van der Waals surface area contributed by atoms with Crippen LogP contribution in [0.2, 0.25) is 0 Å². The number of likely N-dealkylation sites (tertiary alicyclic amines) is 1. The van der Waals surface area contributed by atoms with Crippen LogP contribution in [-0.2, 0) is 20.9 Å². The molecule has 1 amide bonds. The highest BCUT2D eigenvalue weighted by atomic mass is 32.2. The predicted molar refractivity (Wildman–Crippen MR) is 169 cm³/mol. The van der Waals surface area contributed by atoms with E-state index in [-0.39, 0.29) is 30.2 Å². The van der Waals surface area contributed by atoms with Crippen LogP contribution in [0.4, 0.5) is 4.39 Å². The molecule has 0 bridgehead atoms. The molecule has 0 spiro atoms. The van der Waals surface area contributed by atoms with Crippen LogP contribution in [-0.4, -0.2) is 51.4 Å². The number of hydrogen-bond donors (Lipinski definition) is 0. The summed E-state index contributed by atoms with van der Waals surface area (Å²) in [6, 6.07) is 23.7. The van der Waals surface area contributed by atoms with Crippen LogP contribution in [0.5, 0.6) is 5.75 Å². The minimum absolute atomic E-state index is 0.116. The number of amides is 1. The second-order valence-corrected chi connectivity index (χ2v) is 11.5. The number of carbonyl (C=O) groups is 2. The van der Waals surface area contributed by atoms with Crippen molar-refractivity contribution in [2.45, 2.75) is 26.4 Å². The first-order chi connectivity index (χ1) is 21.5. The molecule has 6 rings (SSSR count). The highest BCUT2D eigenvalue weighted by Crippen LogP contribution is 2.35. The fraction of sp³-hybridized carbons (Fsp3) is 0.235. The van der Waals surface area contributed by atoms with E-state index >= 15 is 0 Å². The SMILES string of the molecule is CCOC(=O)[C@H]1CCCN(C2=NC(=O)/C(=C/c3cn(-c4ccccc4)nc3-c3ccc(OCc4ccccc4F)cc3)S2)C1. The van der Waals surface area contributed by atoms with E-state index < -0.39 is 0 Å². The van der Waals surface area contributed by atoms with Gasteiger partial charge in [-0.25, -0.2) is 9.07 Å². The molecule has 0 radical (unpaired) electrons. The third kappa shape index (κ3) is 6.60. The van der Waals surface area contributed by atoms with Crippen molar-refractivity contribution in [2.24, 2.45) is 10.9 Å². The van der Waals surface area contributed by atoms with E-state index in [1.54, 1.807) is 29.8 Å². The minimum atomic E-state index is -0.321. The summed E-state index contributed by atoms with van der Waals surface area (Å²) in [4.78, 5) is 32.2. The molecule has 1 atom stereocenters. The summed E-state index contributed by atoms with van der Waals surface area (Å²) in [6.45, 7) is 3.47. The first-order valence-corrected chi connectivity index (χ1v) is 15.4. The number of amidine groups is 1. The van der Waals surface area contributed by atoms with E-state index in [1.165, 1.54) is 17.8 Å². The number of halogens is 1. The van der Waals surface area contributed by atoms with E-state index in [2.05, 4.69) is 4.99 Å². The molecule has 0 unspecified atom stereocenters. The van der Waals surface area contributed by atoms with Crippen LogP contribution in [0.25, 0.3) is 23.0 Å². The molecule has 224 valence electrons. The second-order valence-electron chi connectivity index (χ2n) is 10.5. The van der Waals surface area contributed by atoms with Crippen LogP contribution < -0.4 is 4.74 Å². The molecular weight excluding hydrogens is 579 g/mol. The molecule has 3 heterocycles. The van der Waals surface area contributed by atoms with Crippen molar-refractivity contribution in [1.29, 1.82) is 0 Å². The number of hydrogen-bond acceptors (Lipinski definition) is 7. The van der Waals surface area contributed by atoms with Gasteiger partial charge < -0.3 is 14.4 Å². The highest BCUT2D eigenvalue weighted by molar-refractivity contribution is 8.18. The summed E-state index contributed by atoms with van der Waals surface area (Å²) in [5, 5.41) is 5.47. The number of rotatable bonds is 8. The Hall–Kier alpha value is -4.70. The molecule has 0 N–H and O–H groups in total. The number of aromatic nitrogens is 2. The summed E-state index contributed by atoms with van der Waals surface area (Å²) in [5.41, 5.74) is 3.63. The third-order valence-corrected chi connectivity index (χ3v) is 8.50. The number of nitrogens with zero attached hydrogens (tertiary/aromatic N) is 4. The molecule has 1 aromatic heterocycles. The third-order valence-electron chi connectivity index (χ3n) is 7.45. The molecule has 1 fully saturated rings. The maximum Gasteiger partial charge on any atom is 0.310 e. The molecular formula is C34H31FN4O4S. The van der Waals surface area contributed by atoms with Gasteiger partial charge in [-0.3, -0.25) is 9.59 Å². The zero-order valence-corrected chi connectivity index (χ0v) is 25.0. The molecule has 0 aliphatic carbocycles. The van der Waals surface area contributed by atoms with E-state index in [0.29, 0.717) is 40.2 Å². The zero-order valence-electron chi connectivity index (χ0n) is 24.2. The standard InChI is InChI=1S/C34H31FN4O4S/c1-2-42-33(41)24-10-8-18-38(20-24)34-36-32(40)30(44-34)19-26-21-39(27-11-4-3-5-12-27)37-31(26)23-14-16-28(17-15-23)43-22-25-9-6-7-13-29(25)35/h3-7,9,11-17,19,21,24H,2,8,10,18,20,22H2,1H3/b30-19-/t24-/m0/s1. The molecule has 8 nitrogen and oxygen atoms in total. The van der Waals surface area contributed by atoms with Crippen LogP contribution in [0.3, 0.4) is 0 Å². The number of esters is 1. The fourth-order valence-corrected chi connectivity index (χ4v) is 6.13. The Morgan fingerprint density at radius 1 is 1.07 bits per heavy atom. The number of para-hydroxylation sites is 1. The Morgan fingerprint density at radius 3 is 2.61 bits per heavy atom. The number of ether oxygens (including phenoxy) is 2. The molecule has 2 aliphatic rings. The van der Waals surface area contributed by atoms with E-state index in [1.807, 2.05) is 71.8 Å². The van der Waals surface area contributed by atoms with E-state index in [9.17, 15) is 14.0 Å². The van der Waals surface area contributed by atoms with Gasteiger partial charge in [-0.2, -0.15) is 10.1 Å². The van der Waals surface area contributed by atoms with Crippen LogP contribution in [0.1, 0.15) is 30.9 Å². The Kier molecular flexibility index (Phi) is 8.88. The number of thioether (sulfide) groups is 1. The summed E-state index contributed by atoms with van der Waals surface area (Å²) < 4.78 is 26.8. The van der Waals surface area contributed by atoms with Crippen molar-refractivity contribution >= 4 is 34.9 Å². The quantitative estimate of drug-likeness (QED) is 0.166. The average molecular weight is 611 g/mol. The monoisotopic (exact) mass is 610 g/mol. The lowest BCUT2D eigenvalue weighted by molar-refractivity contribution is -0.149. The lowest BCUT2D eigenvalue weighted by Gasteiger charge is -2.32. The van der Waals surface area contributed by atoms with Gasteiger partial charge in [0.2, 0.25) is 0 Å². The summed E-state index contributed by atoms with van der Waals surface area (Å²) in [6.07, 6.45) is 5.30. The smallest absolute Gasteiger partial charge is 0.310 e.